The Labute approximate surface area is 189 Å². The summed E-state index contributed by atoms with van der Waals surface area (Å²) < 4.78 is 52.9. The Kier molecular flexibility index (Phi) is 8.73. The minimum Gasteiger partial charge on any atom is -0.225 e. The molecule has 0 aromatic heterocycles. The summed E-state index contributed by atoms with van der Waals surface area (Å²) in [5.74, 6) is 0. The summed E-state index contributed by atoms with van der Waals surface area (Å²) in [4.78, 5) is -0.308. The second kappa shape index (κ2) is 10.4. The zero-order chi connectivity index (χ0) is 22.5. The lowest BCUT2D eigenvalue weighted by Gasteiger charge is -2.24. The number of benzene rings is 2. The van der Waals surface area contributed by atoms with Crippen LogP contribution in [0.25, 0.3) is 11.1 Å². The standard InChI is InChI=1S/C20H26Cl2N2O4S2/c1-3-5-11-24(12-6-4-2)30(27,28)20-14-16(22)8-10-18(20)17-9-7-15(21)13-19(17)29(23,25)26/h7-10,13-14H,3-6,11-12H2,1-2H3,(H2,23,25,26). The molecule has 166 valence electrons. The molecular formula is C20H26Cl2N2O4S2. The van der Waals surface area contributed by atoms with E-state index in [1.807, 2.05) is 13.8 Å². The highest BCUT2D eigenvalue weighted by Crippen LogP contribution is 2.36. The van der Waals surface area contributed by atoms with Crippen molar-refractivity contribution >= 4 is 43.2 Å². The van der Waals surface area contributed by atoms with E-state index in [1.165, 1.54) is 40.7 Å². The Balaban J connectivity index is 2.74. The molecule has 2 aromatic rings. The van der Waals surface area contributed by atoms with Crippen molar-refractivity contribution in [3.05, 3.63) is 46.4 Å². The van der Waals surface area contributed by atoms with E-state index in [9.17, 15) is 16.8 Å². The summed E-state index contributed by atoms with van der Waals surface area (Å²) in [5, 5.41) is 5.78. The normalized spacial score (nSPS) is 12.5. The molecule has 0 spiro atoms. The van der Waals surface area contributed by atoms with Gasteiger partial charge in [-0.2, -0.15) is 4.31 Å². The van der Waals surface area contributed by atoms with Crippen LogP contribution >= 0.6 is 23.2 Å². The Hall–Kier alpha value is -1.16. The maximum atomic E-state index is 13.6. The Morgan fingerprint density at radius 2 is 1.23 bits per heavy atom. The molecule has 0 saturated carbocycles. The van der Waals surface area contributed by atoms with Gasteiger partial charge < -0.3 is 0 Å². The Bertz CT molecular complexity index is 1100. The zero-order valence-corrected chi connectivity index (χ0v) is 20.1. The lowest BCUT2D eigenvalue weighted by atomic mass is 10.1. The molecule has 30 heavy (non-hydrogen) atoms. The molecule has 0 unspecified atom stereocenters. The van der Waals surface area contributed by atoms with Crippen molar-refractivity contribution < 1.29 is 16.8 Å². The number of nitrogens with zero attached hydrogens (tertiary/aromatic N) is 1. The van der Waals surface area contributed by atoms with Crippen LogP contribution in [0.15, 0.2) is 46.2 Å². The minimum absolute atomic E-state index is 0.0607. The lowest BCUT2D eigenvalue weighted by Crippen LogP contribution is -2.33. The van der Waals surface area contributed by atoms with Gasteiger partial charge in [0.1, 0.15) is 0 Å². The molecule has 2 N–H and O–H groups in total. The summed E-state index contributed by atoms with van der Waals surface area (Å²) in [5.41, 5.74) is 0.362. The Morgan fingerprint density at radius 1 is 0.800 bits per heavy atom. The molecule has 2 aromatic carbocycles. The van der Waals surface area contributed by atoms with E-state index in [4.69, 9.17) is 28.3 Å². The topological polar surface area (TPSA) is 97.5 Å². The van der Waals surface area contributed by atoms with Crippen LogP contribution < -0.4 is 5.14 Å². The van der Waals surface area contributed by atoms with Gasteiger partial charge in [0, 0.05) is 34.3 Å². The number of halogens is 2. The van der Waals surface area contributed by atoms with E-state index in [-0.39, 0.29) is 31.0 Å². The highest BCUT2D eigenvalue weighted by molar-refractivity contribution is 7.89. The third-order valence-corrected chi connectivity index (χ3v) is 7.98. The minimum atomic E-state index is -4.15. The van der Waals surface area contributed by atoms with Crippen molar-refractivity contribution in [2.45, 2.75) is 49.3 Å². The fourth-order valence-electron chi connectivity index (χ4n) is 3.05. The number of nitrogens with two attached hydrogens (primary N) is 1. The quantitative estimate of drug-likeness (QED) is 0.509. The second-order valence-corrected chi connectivity index (χ2v) is 11.2. The largest absolute Gasteiger partial charge is 0.243 e. The zero-order valence-electron chi connectivity index (χ0n) is 16.9. The summed E-state index contributed by atoms with van der Waals surface area (Å²) in [6, 6.07) is 8.50. The number of hydrogen-bond acceptors (Lipinski definition) is 4. The summed E-state index contributed by atoms with van der Waals surface area (Å²) in [6.45, 7) is 4.71. The van der Waals surface area contributed by atoms with Gasteiger partial charge in [-0.25, -0.2) is 22.0 Å². The van der Waals surface area contributed by atoms with Crippen LogP contribution in [-0.2, 0) is 20.0 Å². The summed E-state index contributed by atoms with van der Waals surface area (Å²) in [6.07, 6.45) is 3.10. The SMILES string of the molecule is CCCCN(CCCC)S(=O)(=O)c1cc(Cl)ccc1-c1ccc(Cl)cc1S(N)(=O)=O. The van der Waals surface area contributed by atoms with Gasteiger partial charge in [0.15, 0.2) is 0 Å². The van der Waals surface area contributed by atoms with Crippen molar-refractivity contribution in [2.24, 2.45) is 5.14 Å². The maximum Gasteiger partial charge on any atom is 0.243 e. The van der Waals surface area contributed by atoms with E-state index >= 15 is 0 Å². The van der Waals surface area contributed by atoms with Gasteiger partial charge >= 0.3 is 0 Å². The van der Waals surface area contributed by atoms with Gasteiger partial charge in [-0.1, -0.05) is 62.0 Å². The fraction of sp³-hybridized carbons (Fsp3) is 0.400. The summed E-state index contributed by atoms with van der Waals surface area (Å²) >= 11 is 12.1. The van der Waals surface area contributed by atoms with E-state index < -0.39 is 20.0 Å². The molecule has 2 rings (SSSR count). The summed E-state index contributed by atoms with van der Waals surface area (Å²) in [7, 11) is -8.09. The van der Waals surface area contributed by atoms with Crippen LogP contribution in [0.4, 0.5) is 0 Å². The molecule has 0 fully saturated rings. The van der Waals surface area contributed by atoms with Gasteiger partial charge in [-0.05, 0) is 37.1 Å². The lowest BCUT2D eigenvalue weighted by molar-refractivity contribution is 0.395. The first-order valence-electron chi connectivity index (χ1n) is 9.64. The smallest absolute Gasteiger partial charge is 0.225 e. The molecular weight excluding hydrogens is 467 g/mol. The molecule has 0 radical (unpaired) electrons. The van der Waals surface area contributed by atoms with Crippen LogP contribution in [0.3, 0.4) is 0 Å². The van der Waals surface area contributed by atoms with Crippen molar-refractivity contribution in [3.63, 3.8) is 0 Å². The van der Waals surface area contributed by atoms with E-state index in [2.05, 4.69) is 0 Å². The third-order valence-electron chi connectivity index (χ3n) is 4.62. The molecule has 0 aliphatic carbocycles. The molecule has 0 bridgehead atoms. The number of sulfonamides is 2. The van der Waals surface area contributed by atoms with Crippen LogP contribution in [0, 0.1) is 0 Å². The average Bonchev–Trinajstić information content (AvgIpc) is 2.67. The van der Waals surface area contributed by atoms with Crippen molar-refractivity contribution in [3.8, 4) is 11.1 Å². The molecule has 0 aliphatic rings. The average molecular weight is 493 g/mol. The van der Waals surface area contributed by atoms with Crippen LogP contribution in [0.5, 0.6) is 0 Å². The number of unbranched alkanes of at least 4 members (excludes halogenated alkanes) is 2. The molecule has 0 saturated heterocycles. The van der Waals surface area contributed by atoms with Gasteiger partial charge in [-0.15, -0.1) is 0 Å². The molecule has 0 amide bonds. The first-order valence-corrected chi connectivity index (χ1v) is 13.4. The van der Waals surface area contributed by atoms with Crippen molar-refractivity contribution in [1.82, 2.24) is 4.31 Å². The molecule has 6 nitrogen and oxygen atoms in total. The second-order valence-electron chi connectivity index (χ2n) is 6.94. The Morgan fingerprint density at radius 3 is 1.67 bits per heavy atom. The fourth-order valence-corrected chi connectivity index (χ4v) is 6.04. The number of hydrogen-bond donors (Lipinski definition) is 1. The first kappa shape index (κ1) is 25.1. The van der Waals surface area contributed by atoms with Crippen molar-refractivity contribution in [2.75, 3.05) is 13.1 Å². The van der Waals surface area contributed by atoms with Gasteiger partial charge in [0.25, 0.3) is 0 Å². The van der Waals surface area contributed by atoms with Gasteiger partial charge in [0.05, 0.1) is 9.79 Å². The molecule has 0 atom stereocenters. The van der Waals surface area contributed by atoms with E-state index in [0.29, 0.717) is 25.9 Å². The molecule has 0 aliphatic heterocycles. The van der Waals surface area contributed by atoms with E-state index in [1.54, 1.807) is 0 Å². The highest BCUT2D eigenvalue weighted by Gasteiger charge is 2.29. The third kappa shape index (κ3) is 5.96. The van der Waals surface area contributed by atoms with Gasteiger partial charge in [0.2, 0.25) is 20.0 Å². The van der Waals surface area contributed by atoms with E-state index in [0.717, 1.165) is 12.8 Å². The first-order chi connectivity index (χ1) is 14.0. The van der Waals surface area contributed by atoms with Crippen LogP contribution in [-0.4, -0.2) is 34.2 Å². The van der Waals surface area contributed by atoms with Crippen LogP contribution in [0.2, 0.25) is 10.0 Å². The number of primary sulfonamides is 1. The van der Waals surface area contributed by atoms with Crippen LogP contribution in [0.1, 0.15) is 39.5 Å². The predicted octanol–water partition coefficient (Wildman–Crippen LogP) is 4.90. The monoisotopic (exact) mass is 492 g/mol. The molecule has 0 heterocycles. The number of rotatable bonds is 10. The molecule has 10 heteroatoms. The maximum absolute atomic E-state index is 13.6. The van der Waals surface area contributed by atoms with Crippen molar-refractivity contribution in [1.29, 1.82) is 0 Å². The highest BCUT2D eigenvalue weighted by atomic mass is 35.5. The predicted molar refractivity (Wildman–Crippen MR) is 122 cm³/mol. The van der Waals surface area contributed by atoms with Gasteiger partial charge in [-0.3, -0.25) is 0 Å².